The quantitative estimate of drug-likeness (QED) is 0.771. The van der Waals surface area contributed by atoms with Crippen molar-refractivity contribution < 1.29 is 9.47 Å². The van der Waals surface area contributed by atoms with Gasteiger partial charge in [0.25, 0.3) is 0 Å². The minimum absolute atomic E-state index is 0.819. The molecule has 0 radical (unpaired) electrons. The van der Waals surface area contributed by atoms with Crippen LogP contribution in [-0.2, 0) is 0 Å². The summed E-state index contributed by atoms with van der Waals surface area (Å²) in [7, 11) is 1.66. The van der Waals surface area contributed by atoms with Crippen molar-refractivity contribution in [2.45, 2.75) is 6.92 Å². The molecule has 0 aromatic heterocycles. The Morgan fingerprint density at radius 3 is 2.18 bits per heavy atom. The molecule has 0 spiro atoms. The minimum Gasteiger partial charge on any atom is -0.496 e. The molecule has 2 aromatic carbocycles. The van der Waals surface area contributed by atoms with Gasteiger partial charge in [-0.25, -0.2) is 0 Å². The molecule has 0 atom stereocenters. The molecule has 0 bridgehead atoms. The molecule has 2 rings (SSSR count). The number of methoxy groups -OCH3 is 1. The van der Waals surface area contributed by atoms with Crippen LogP contribution in [0.1, 0.15) is 5.56 Å². The minimum atomic E-state index is 0.819. The molecule has 2 aromatic rings. The molecule has 2 nitrogen and oxygen atoms in total. The van der Waals surface area contributed by atoms with Gasteiger partial charge in [0.15, 0.2) is 0 Å². The fraction of sp³-hybridized carbons (Fsp3) is 0.143. The average Bonchev–Trinajstić information content (AvgIpc) is 2.32. The number of benzene rings is 2. The van der Waals surface area contributed by atoms with E-state index < -0.39 is 0 Å². The largest absolute Gasteiger partial charge is 0.496 e. The zero-order chi connectivity index (χ0) is 12.3. The van der Waals surface area contributed by atoms with Gasteiger partial charge in [0.05, 0.1) is 10.7 Å². The van der Waals surface area contributed by atoms with Gasteiger partial charge in [0.1, 0.15) is 17.2 Å². The lowest BCUT2D eigenvalue weighted by atomic mass is 10.2. The number of hydrogen-bond acceptors (Lipinski definition) is 2. The number of halogens is 1. The zero-order valence-corrected chi connectivity index (χ0v) is 11.9. The summed E-state index contributed by atoms with van der Waals surface area (Å²) in [6.45, 7) is 2.06. The van der Waals surface area contributed by atoms with Crippen molar-refractivity contribution in [1.29, 1.82) is 0 Å². The van der Waals surface area contributed by atoms with Crippen LogP contribution in [0.2, 0.25) is 0 Å². The Labute approximate surface area is 115 Å². The van der Waals surface area contributed by atoms with Gasteiger partial charge in [-0.1, -0.05) is 17.7 Å². The maximum Gasteiger partial charge on any atom is 0.132 e. The molecule has 0 saturated heterocycles. The van der Waals surface area contributed by atoms with E-state index in [-0.39, 0.29) is 0 Å². The maximum absolute atomic E-state index is 5.75. The van der Waals surface area contributed by atoms with E-state index in [0.29, 0.717) is 0 Å². The van der Waals surface area contributed by atoms with E-state index in [1.807, 2.05) is 42.5 Å². The fourth-order valence-electron chi connectivity index (χ4n) is 1.45. The summed E-state index contributed by atoms with van der Waals surface area (Å²) >= 11 is 2.23. The van der Waals surface area contributed by atoms with Gasteiger partial charge in [-0.3, -0.25) is 0 Å². The van der Waals surface area contributed by atoms with E-state index in [2.05, 4.69) is 29.5 Å². The molecule has 88 valence electrons. The highest BCUT2D eigenvalue weighted by atomic mass is 127. The van der Waals surface area contributed by atoms with Crippen LogP contribution in [0.4, 0.5) is 0 Å². The van der Waals surface area contributed by atoms with Gasteiger partial charge in [0, 0.05) is 0 Å². The van der Waals surface area contributed by atoms with E-state index in [9.17, 15) is 0 Å². The summed E-state index contributed by atoms with van der Waals surface area (Å²) in [5, 5.41) is 0. The molecular formula is C14H13IO2. The van der Waals surface area contributed by atoms with Crippen LogP contribution in [0.3, 0.4) is 0 Å². The second-order valence-corrected chi connectivity index (χ2v) is 4.87. The van der Waals surface area contributed by atoms with Crippen LogP contribution in [0.5, 0.6) is 17.2 Å². The molecule has 0 N–H and O–H groups in total. The van der Waals surface area contributed by atoms with Gasteiger partial charge in [0.2, 0.25) is 0 Å². The molecule has 0 aliphatic rings. The molecule has 0 heterocycles. The van der Waals surface area contributed by atoms with E-state index in [0.717, 1.165) is 20.8 Å². The van der Waals surface area contributed by atoms with Crippen LogP contribution >= 0.6 is 22.6 Å². The van der Waals surface area contributed by atoms with Crippen molar-refractivity contribution >= 4 is 22.6 Å². The van der Waals surface area contributed by atoms with E-state index in [4.69, 9.17) is 9.47 Å². The number of rotatable bonds is 3. The first-order valence-electron chi connectivity index (χ1n) is 5.27. The molecule has 0 fully saturated rings. The number of hydrogen-bond donors (Lipinski definition) is 0. The Hall–Kier alpha value is -1.23. The normalized spacial score (nSPS) is 10.1. The molecule has 3 heteroatoms. The third-order valence-electron chi connectivity index (χ3n) is 2.38. The fourth-order valence-corrected chi connectivity index (χ4v) is 2.16. The van der Waals surface area contributed by atoms with Crippen molar-refractivity contribution in [1.82, 2.24) is 0 Å². The molecule has 17 heavy (non-hydrogen) atoms. The van der Waals surface area contributed by atoms with Gasteiger partial charge in [-0.05, 0) is 59.8 Å². The van der Waals surface area contributed by atoms with Gasteiger partial charge < -0.3 is 9.47 Å². The van der Waals surface area contributed by atoms with Gasteiger partial charge >= 0.3 is 0 Å². The summed E-state index contributed by atoms with van der Waals surface area (Å²) in [4.78, 5) is 0. The summed E-state index contributed by atoms with van der Waals surface area (Å²) < 4.78 is 12.0. The SMILES string of the molecule is COc1ccc(Oc2ccc(C)cc2)cc1I. The summed E-state index contributed by atoms with van der Waals surface area (Å²) in [6.07, 6.45) is 0. The summed E-state index contributed by atoms with van der Waals surface area (Å²) in [5.74, 6) is 2.53. The second kappa shape index (κ2) is 5.40. The lowest BCUT2D eigenvalue weighted by Crippen LogP contribution is -1.89. The van der Waals surface area contributed by atoms with Crippen molar-refractivity contribution in [2.24, 2.45) is 0 Å². The Balaban J connectivity index is 2.19. The van der Waals surface area contributed by atoms with Crippen molar-refractivity contribution in [2.75, 3.05) is 7.11 Å². The number of ether oxygens (including phenoxy) is 2. The predicted octanol–water partition coefficient (Wildman–Crippen LogP) is 4.40. The Morgan fingerprint density at radius 2 is 1.59 bits per heavy atom. The standard InChI is InChI=1S/C14H13IO2/c1-10-3-5-11(6-4-10)17-12-7-8-14(16-2)13(15)9-12/h3-9H,1-2H3. The Morgan fingerprint density at radius 1 is 0.941 bits per heavy atom. The predicted molar refractivity (Wildman–Crippen MR) is 77.0 cm³/mol. The third-order valence-corrected chi connectivity index (χ3v) is 3.22. The maximum atomic E-state index is 5.75. The first kappa shape index (κ1) is 12.2. The zero-order valence-electron chi connectivity index (χ0n) is 9.74. The van der Waals surface area contributed by atoms with Crippen LogP contribution in [0.25, 0.3) is 0 Å². The van der Waals surface area contributed by atoms with Crippen LogP contribution in [0, 0.1) is 10.5 Å². The molecule has 0 amide bonds. The highest BCUT2D eigenvalue weighted by molar-refractivity contribution is 14.1. The molecular weight excluding hydrogens is 327 g/mol. The van der Waals surface area contributed by atoms with Crippen molar-refractivity contribution in [3.05, 3.63) is 51.6 Å². The lowest BCUT2D eigenvalue weighted by molar-refractivity contribution is 0.409. The summed E-state index contributed by atoms with van der Waals surface area (Å²) in [6, 6.07) is 13.8. The van der Waals surface area contributed by atoms with E-state index in [1.54, 1.807) is 7.11 Å². The van der Waals surface area contributed by atoms with Crippen molar-refractivity contribution in [3.8, 4) is 17.2 Å². The highest BCUT2D eigenvalue weighted by Gasteiger charge is 2.03. The van der Waals surface area contributed by atoms with Crippen LogP contribution in [0.15, 0.2) is 42.5 Å². The van der Waals surface area contributed by atoms with Crippen molar-refractivity contribution in [3.63, 3.8) is 0 Å². The van der Waals surface area contributed by atoms with E-state index in [1.165, 1.54) is 5.56 Å². The average molecular weight is 340 g/mol. The smallest absolute Gasteiger partial charge is 0.132 e. The topological polar surface area (TPSA) is 18.5 Å². The molecule has 0 unspecified atom stereocenters. The van der Waals surface area contributed by atoms with Crippen LogP contribution in [-0.4, -0.2) is 7.11 Å². The Kier molecular flexibility index (Phi) is 3.89. The lowest BCUT2D eigenvalue weighted by Gasteiger charge is -2.08. The monoisotopic (exact) mass is 340 g/mol. The number of aryl methyl sites for hydroxylation is 1. The van der Waals surface area contributed by atoms with Crippen LogP contribution < -0.4 is 9.47 Å². The molecule has 0 saturated carbocycles. The Bertz CT molecular complexity index is 506. The third kappa shape index (κ3) is 3.12. The molecule has 0 aliphatic carbocycles. The first-order valence-corrected chi connectivity index (χ1v) is 6.35. The molecule has 0 aliphatic heterocycles. The summed E-state index contributed by atoms with van der Waals surface area (Å²) in [5.41, 5.74) is 1.22. The highest BCUT2D eigenvalue weighted by Crippen LogP contribution is 2.28. The second-order valence-electron chi connectivity index (χ2n) is 3.71. The van der Waals surface area contributed by atoms with Gasteiger partial charge in [-0.15, -0.1) is 0 Å². The first-order chi connectivity index (χ1) is 8.19. The van der Waals surface area contributed by atoms with Gasteiger partial charge in [-0.2, -0.15) is 0 Å². The van der Waals surface area contributed by atoms with E-state index >= 15 is 0 Å².